The van der Waals surface area contributed by atoms with Crippen molar-refractivity contribution >= 4 is 23.3 Å². The highest BCUT2D eigenvalue weighted by Gasteiger charge is 2.32. The summed E-state index contributed by atoms with van der Waals surface area (Å²) in [5.41, 5.74) is 1.76. The number of benzene rings is 2. The number of carbonyl (C=O) groups is 1. The molecule has 0 spiro atoms. The SMILES string of the molecule is COc1ccc(-c2c(C)nn(C)c2NC[C@H]2CC[C@H](NC(=O)c3cc(C(F)(F)F)ccc3Cl)CC2)cc1OC. The number of aromatic nitrogens is 2. The topological polar surface area (TPSA) is 77.4 Å². The lowest BCUT2D eigenvalue weighted by atomic mass is 9.85. The number of nitrogens with zero attached hydrogens (tertiary/aromatic N) is 2. The van der Waals surface area contributed by atoms with Crippen molar-refractivity contribution in [3.63, 3.8) is 0 Å². The van der Waals surface area contributed by atoms with Crippen molar-refractivity contribution in [3.8, 4) is 22.6 Å². The number of anilines is 1. The van der Waals surface area contributed by atoms with Gasteiger partial charge in [0.2, 0.25) is 0 Å². The molecular formula is C28H32ClF3N4O3. The fourth-order valence-corrected chi connectivity index (χ4v) is 5.29. The van der Waals surface area contributed by atoms with Gasteiger partial charge in [-0.2, -0.15) is 18.3 Å². The van der Waals surface area contributed by atoms with E-state index in [2.05, 4.69) is 15.7 Å². The van der Waals surface area contributed by atoms with Gasteiger partial charge in [-0.15, -0.1) is 0 Å². The molecule has 0 aliphatic heterocycles. The van der Waals surface area contributed by atoms with Gasteiger partial charge in [0.25, 0.3) is 5.91 Å². The Morgan fingerprint density at radius 2 is 1.77 bits per heavy atom. The molecule has 2 aromatic carbocycles. The number of aryl methyl sites for hydroxylation is 2. The number of methoxy groups -OCH3 is 2. The van der Waals surface area contributed by atoms with Gasteiger partial charge >= 0.3 is 6.18 Å². The molecule has 11 heteroatoms. The number of hydrogen-bond donors (Lipinski definition) is 2. The lowest BCUT2D eigenvalue weighted by Crippen LogP contribution is -2.38. The van der Waals surface area contributed by atoms with Crippen molar-refractivity contribution in [1.82, 2.24) is 15.1 Å². The van der Waals surface area contributed by atoms with Gasteiger partial charge in [-0.05, 0) is 74.4 Å². The number of alkyl halides is 3. The average molecular weight is 565 g/mol. The zero-order valence-electron chi connectivity index (χ0n) is 22.3. The summed E-state index contributed by atoms with van der Waals surface area (Å²) < 4.78 is 51.9. The molecule has 0 unspecified atom stereocenters. The molecule has 1 heterocycles. The largest absolute Gasteiger partial charge is 0.493 e. The zero-order chi connectivity index (χ0) is 28.3. The van der Waals surface area contributed by atoms with Crippen LogP contribution >= 0.6 is 11.6 Å². The van der Waals surface area contributed by atoms with E-state index in [0.717, 1.165) is 73.1 Å². The molecule has 1 saturated carbocycles. The summed E-state index contributed by atoms with van der Waals surface area (Å²) in [6, 6.07) is 8.43. The van der Waals surface area contributed by atoms with Gasteiger partial charge in [-0.1, -0.05) is 17.7 Å². The molecule has 2 N–H and O–H groups in total. The Hall–Kier alpha value is -3.40. The molecule has 0 bridgehead atoms. The first-order valence-corrected chi connectivity index (χ1v) is 13.1. The predicted octanol–water partition coefficient (Wildman–Crippen LogP) is 6.49. The molecule has 1 aliphatic rings. The van der Waals surface area contributed by atoms with Crippen LogP contribution in [0.3, 0.4) is 0 Å². The first-order chi connectivity index (χ1) is 18.5. The summed E-state index contributed by atoms with van der Waals surface area (Å²) >= 11 is 6.03. The first-order valence-electron chi connectivity index (χ1n) is 12.7. The van der Waals surface area contributed by atoms with E-state index in [1.807, 2.05) is 36.9 Å². The number of nitrogens with one attached hydrogen (secondary N) is 2. The summed E-state index contributed by atoms with van der Waals surface area (Å²) in [6.45, 7) is 2.68. The Morgan fingerprint density at radius 1 is 1.08 bits per heavy atom. The van der Waals surface area contributed by atoms with E-state index in [0.29, 0.717) is 17.4 Å². The minimum Gasteiger partial charge on any atom is -0.493 e. The van der Waals surface area contributed by atoms with Crippen LogP contribution in [0.15, 0.2) is 36.4 Å². The smallest absolute Gasteiger partial charge is 0.416 e. The zero-order valence-corrected chi connectivity index (χ0v) is 23.0. The molecule has 3 aromatic rings. The Labute approximate surface area is 230 Å². The summed E-state index contributed by atoms with van der Waals surface area (Å²) in [4.78, 5) is 12.7. The van der Waals surface area contributed by atoms with Gasteiger partial charge < -0.3 is 20.1 Å². The quantitative estimate of drug-likeness (QED) is 0.327. The third kappa shape index (κ3) is 6.43. The van der Waals surface area contributed by atoms with Crippen LogP contribution in [0.2, 0.25) is 5.02 Å². The molecule has 0 saturated heterocycles. The Bertz CT molecular complexity index is 1330. The van der Waals surface area contributed by atoms with E-state index in [1.165, 1.54) is 0 Å². The predicted molar refractivity (Wildman–Crippen MR) is 145 cm³/mol. The second kappa shape index (κ2) is 11.8. The molecular weight excluding hydrogens is 533 g/mol. The Morgan fingerprint density at radius 3 is 2.41 bits per heavy atom. The van der Waals surface area contributed by atoms with Crippen LogP contribution < -0.4 is 20.1 Å². The standard InChI is InChI=1S/C28H32ClF3N4O3/c1-16-25(18-7-12-23(38-3)24(13-18)39-4)26(36(2)35-16)33-15-17-5-9-20(10-6-17)34-27(37)21-14-19(28(30,31)32)8-11-22(21)29/h7-8,11-14,17,20,33H,5-6,9-10,15H2,1-4H3,(H,34,37)/t17-,20-. The van der Waals surface area contributed by atoms with Crippen molar-refractivity contribution < 1.29 is 27.4 Å². The lowest BCUT2D eigenvalue weighted by molar-refractivity contribution is -0.137. The maximum absolute atomic E-state index is 13.1. The normalized spacial score (nSPS) is 17.5. The Balaban J connectivity index is 1.37. The van der Waals surface area contributed by atoms with E-state index in [4.69, 9.17) is 21.1 Å². The second-order valence-electron chi connectivity index (χ2n) is 9.77. The molecule has 1 amide bonds. The van der Waals surface area contributed by atoms with Gasteiger partial charge in [-0.25, -0.2) is 0 Å². The van der Waals surface area contributed by atoms with Gasteiger partial charge in [-0.3, -0.25) is 9.48 Å². The summed E-state index contributed by atoms with van der Waals surface area (Å²) in [5.74, 6) is 1.96. The van der Waals surface area contributed by atoms with Crippen LogP contribution in [0.5, 0.6) is 11.5 Å². The molecule has 0 radical (unpaired) electrons. The van der Waals surface area contributed by atoms with E-state index in [-0.39, 0.29) is 16.6 Å². The van der Waals surface area contributed by atoms with E-state index in [9.17, 15) is 18.0 Å². The number of halogens is 4. The third-order valence-corrected chi connectivity index (χ3v) is 7.50. The molecule has 0 atom stereocenters. The summed E-state index contributed by atoms with van der Waals surface area (Å²) in [5, 5.41) is 11.0. The second-order valence-corrected chi connectivity index (χ2v) is 10.2. The van der Waals surface area contributed by atoms with Crippen LogP contribution in [-0.4, -0.2) is 42.5 Å². The van der Waals surface area contributed by atoms with Gasteiger partial charge in [0.1, 0.15) is 5.82 Å². The highest BCUT2D eigenvalue weighted by Crippen LogP contribution is 2.38. The van der Waals surface area contributed by atoms with Crippen LogP contribution in [0.1, 0.15) is 47.3 Å². The highest BCUT2D eigenvalue weighted by molar-refractivity contribution is 6.33. The number of rotatable bonds is 8. The van der Waals surface area contributed by atoms with E-state index in [1.54, 1.807) is 14.2 Å². The third-order valence-electron chi connectivity index (χ3n) is 7.17. The molecule has 4 rings (SSSR count). The maximum atomic E-state index is 13.1. The van der Waals surface area contributed by atoms with Crippen LogP contribution in [-0.2, 0) is 13.2 Å². The maximum Gasteiger partial charge on any atom is 0.416 e. The van der Waals surface area contributed by atoms with E-state index < -0.39 is 17.6 Å². The van der Waals surface area contributed by atoms with Crippen LogP contribution in [0.4, 0.5) is 19.0 Å². The van der Waals surface area contributed by atoms with Crippen LogP contribution in [0.25, 0.3) is 11.1 Å². The van der Waals surface area contributed by atoms with Crippen molar-refractivity contribution in [2.45, 2.75) is 44.8 Å². The monoisotopic (exact) mass is 564 g/mol. The molecule has 39 heavy (non-hydrogen) atoms. The van der Waals surface area contributed by atoms with Crippen molar-refractivity contribution in [2.75, 3.05) is 26.1 Å². The van der Waals surface area contributed by atoms with Crippen LogP contribution in [0, 0.1) is 12.8 Å². The minimum atomic E-state index is -4.55. The number of ether oxygens (including phenoxy) is 2. The fourth-order valence-electron chi connectivity index (χ4n) is 5.09. The van der Waals surface area contributed by atoms with Gasteiger partial charge in [0.15, 0.2) is 11.5 Å². The molecule has 210 valence electrons. The number of hydrogen-bond acceptors (Lipinski definition) is 5. The summed E-state index contributed by atoms with van der Waals surface area (Å²) in [6.07, 6.45) is -1.38. The molecule has 7 nitrogen and oxygen atoms in total. The Kier molecular flexibility index (Phi) is 8.64. The number of amides is 1. The molecule has 1 fully saturated rings. The van der Waals surface area contributed by atoms with Crippen molar-refractivity contribution in [3.05, 3.63) is 58.2 Å². The van der Waals surface area contributed by atoms with Gasteiger partial charge in [0.05, 0.1) is 36.1 Å². The van der Waals surface area contributed by atoms with Crippen molar-refractivity contribution in [1.29, 1.82) is 0 Å². The molecule has 1 aromatic heterocycles. The minimum absolute atomic E-state index is 0.00450. The van der Waals surface area contributed by atoms with E-state index >= 15 is 0 Å². The van der Waals surface area contributed by atoms with Gasteiger partial charge in [0, 0.05) is 25.2 Å². The molecule has 1 aliphatic carbocycles. The average Bonchev–Trinajstić information content (AvgIpc) is 3.19. The first kappa shape index (κ1) is 28.6. The highest BCUT2D eigenvalue weighted by atomic mass is 35.5. The fraction of sp³-hybridized carbons (Fsp3) is 0.429. The number of carbonyl (C=O) groups excluding carboxylic acids is 1. The summed E-state index contributed by atoms with van der Waals surface area (Å²) in [7, 11) is 5.09. The lowest BCUT2D eigenvalue weighted by Gasteiger charge is -2.29. The van der Waals surface area contributed by atoms with Crippen molar-refractivity contribution in [2.24, 2.45) is 13.0 Å².